The zero-order chi connectivity index (χ0) is 16.5. The summed E-state index contributed by atoms with van der Waals surface area (Å²) in [6, 6.07) is 16.8. The summed E-state index contributed by atoms with van der Waals surface area (Å²) in [5.41, 5.74) is 5.70. The number of rotatable bonds is 3. The molecule has 0 saturated heterocycles. The molecule has 0 atom stereocenters. The van der Waals surface area contributed by atoms with E-state index < -0.39 is 0 Å². The van der Waals surface area contributed by atoms with Crippen LogP contribution in [0.25, 0.3) is 20.8 Å². The van der Waals surface area contributed by atoms with Gasteiger partial charge in [0.1, 0.15) is 5.01 Å². The van der Waals surface area contributed by atoms with E-state index in [1.807, 2.05) is 18.3 Å². The number of fused-ring (bicyclic) bond motifs is 1. The minimum absolute atomic E-state index is 0.962. The predicted molar refractivity (Wildman–Crippen MR) is 106 cm³/mol. The lowest BCUT2D eigenvalue weighted by atomic mass is 10.2. The standard InChI is InChI=1S/C20H16N2S2/c1-13-3-8-17-18(11-13)24-20(22-17)15-4-6-16(7-5-15)21-12-19-14(2)9-10-23-19/h3-12H,1-2H3. The first-order chi connectivity index (χ1) is 11.7. The molecule has 2 nitrogen and oxygen atoms in total. The molecule has 24 heavy (non-hydrogen) atoms. The molecular weight excluding hydrogens is 332 g/mol. The van der Waals surface area contributed by atoms with Crippen LogP contribution in [0.2, 0.25) is 0 Å². The summed E-state index contributed by atoms with van der Waals surface area (Å²) in [6.45, 7) is 4.22. The molecule has 0 aliphatic heterocycles. The zero-order valence-electron chi connectivity index (χ0n) is 13.5. The number of aryl methyl sites for hydroxylation is 2. The third-order valence-electron chi connectivity index (χ3n) is 3.89. The highest BCUT2D eigenvalue weighted by atomic mass is 32.1. The summed E-state index contributed by atoms with van der Waals surface area (Å²) < 4.78 is 1.24. The van der Waals surface area contributed by atoms with Crippen molar-refractivity contribution in [2.45, 2.75) is 13.8 Å². The molecule has 4 aromatic rings. The third kappa shape index (κ3) is 3.03. The van der Waals surface area contributed by atoms with E-state index in [1.54, 1.807) is 22.7 Å². The Morgan fingerprint density at radius 2 is 1.83 bits per heavy atom. The van der Waals surface area contributed by atoms with E-state index in [2.05, 4.69) is 60.6 Å². The van der Waals surface area contributed by atoms with Crippen LogP contribution >= 0.6 is 22.7 Å². The highest BCUT2D eigenvalue weighted by Gasteiger charge is 2.06. The van der Waals surface area contributed by atoms with Crippen molar-refractivity contribution in [1.29, 1.82) is 0 Å². The number of aliphatic imine (C=N–C) groups is 1. The fourth-order valence-electron chi connectivity index (χ4n) is 2.50. The van der Waals surface area contributed by atoms with Crippen LogP contribution in [-0.2, 0) is 0 Å². The number of benzene rings is 2. The first-order valence-electron chi connectivity index (χ1n) is 7.75. The van der Waals surface area contributed by atoms with Gasteiger partial charge in [0, 0.05) is 16.7 Å². The Labute approximate surface area is 149 Å². The minimum atomic E-state index is 0.962. The number of hydrogen-bond acceptors (Lipinski definition) is 4. The topological polar surface area (TPSA) is 25.2 Å². The molecule has 0 radical (unpaired) electrons. The smallest absolute Gasteiger partial charge is 0.124 e. The SMILES string of the molecule is Cc1ccc2nc(-c3ccc(N=Cc4sccc4C)cc3)sc2c1. The van der Waals surface area contributed by atoms with E-state index in [1.165, 1.54) is 20.7 Å². The molecule has 0 amide bonds. The van der Waals surface area contributed by atoms with Crippen molar-refractivity contribution in [3.63, 3.8) is 0 Å². The molecule has 4 rings (SSSR count). The summed E-state index contributed by atoms with van der Waals surface area (Å²) >= 11 is 3.45. The van der Waals surface area contributed by atoms with Gasteiger partial charge in [-0.2, -0.15) is 0 Å². The maximum atomic E-state index is 4.73. The molecule has 2 aromatic carbocycles. The van der Waals surface area contributed by atoms with E-state index >= 15 is 0 Å². The van der Waals surface area contributed by atoms with Crippen molar-refractivity contribution in [2.75, 3.05) is 0 Å². The van der Waals surface area contributed by atoms with E-state index in [-0.39, 0.29) is 0 Å². The summed E-state index contributed by atoms with van der Waals surface area (Å²) in [4.78, 5) is 10.5. The van der Waals surface area contributed by atoms with Gasteiger partial charge in [0.25, 0.3) is 0 Å². The summed E-state index contributed by atoms with van der Waals surface area (Å²) in [6.07, 6.45) is 1.94. The molecule has 0 unspecified atom stereocenters. The lowest BCUT2D eigenvalue weighted by Crippen LogP contribution is -1.78. The molecule has 0 aliphatic rings. The molecule has 4 heteroatoms. The van der Waals surface area contributed by atoms with Gasteiger partial charge in [-0.3, -0.25) is 4.99 Å². The van der Waals surface area contributed by atoms with Crippen molar-refractivity contribution in [1.82, 2.24) is 4.98 Å². The van der Waals surface area contributed by atoms with Gasteiger partial charge in [0.05, 0.1) is 15.9 Å². The number of thiazole rings is 1. The van der Waals surface area contributed by atoms with Crippen LogP contribution in [0.4, 0.5) is 5.69 Å². The maximum absolute atomic E-state index is 4.73. The Balaban J connectivity index is 1.60. The van der Waals surface area contributed by atoms with Gasteiger partial charge in [0.15, 0.2) is 0 Å². The molecule has 2 heterocycles. The van der Waals surface area contributed by atoms with Gasteiger partial charge >= 0.3 is 0 Å². The highest BCUT2D eigenvalue weighted by Crippen LogP contribution is 2.31. The van der Waals surface area contributed by atoms with Gasteiger partial charge in [-0.15, -0.1) is 22.7 Å². The fourth-order valence-corrected chi connectivity index (χ4v) is 4.35. The van der Waals surface area contributed by atoms with Crippen molar-refractivity contribution in [3.8, 4) is 10.6 Å². The van der Waals surface area contributed by atoms with Gasteiger partial charge in [-0.25, -0.2) is 4.98 Å². The Hall–Kier alpha value is -2.30. The second kappa shape index (κ2) is 6.30. The summed E-state index contributed by atoms with van der Waals surface area (Å²) in [5, 5.41) is 3.15. The Morgan fingerprint density at radius 3 is 2.58 bits per heavy atom. The third-order valence-corrected chi connectivity index (χ3v) is 5.91. The zero-order valence-corrected chi connectivity index (χ0v) is 15.1. The summed E-state index contributed by atoms with van der Waals surface area (Å²) in [5.74, 6) is 0. The monoisotopic (exact) mass is 348 g/mol. The first kappa shape index (κ1) is 15.2. The molecule has 0 spiro atoms. The predicted octanol–water partition coefficient (Wildman–Crippen LogP) is 6.39. The van der Waals surface area contributed by atoms with Gasteiger partial charge in [-0.1, -0.05) is 6.07 Å². The highest BCUT2D eigenvalue weighted by molar-refractivity contribution is 7.21. The quantitative estimate of drug-likeness (QED) is 0.394. The van der Waals surface area contributed by atoms with Crippen molar-refractivity contribution >= 4 is 44.8 Å². The lowest BCUT2D eigenvalue weighted by Gasteiger charge is -1.97. The Bertz CT molecular complexity index is 1020. The molecule has 118 valence electrons. The largest absolute Gasteiger partial charge is 0.255 e. The minimum Gasteiger partial charge on any atom is -0.255 e. The second-order valence-electron chi connectivity index (χ2n) is 5.76. The molecule has 0 aliphatic carbocycles. The number of thiophene rings is 1. The van der Waals surface area contributed by atoms with E-state index in [9.17, 15) is 0 Å². The van der Waals surface area contributed by atoms with Gasteiger partial charge in [-0.05, 0) is 72.8 Å². The molecule has 2 aromatic heterocycles. The Kier molecular flexibility index (Phi) is 4.00. The van der Waals surface area contributed by atoms with Crippen LogP contribution in [-0.4, -0.2) is 11.2 Å². The molecule has 0 N–H and O–H groups in total. The first-order valence-corrected chi connectivity index (χ1v) is 9.44. The maximum Gasteiger partial charge on any atom is 0.124 e. The van der Waals surface area contributed by atoms with Crippen LogP contribution in [0.15, 0.2) is 58.9 Å². The summed E-state index contributed by atoms with van der Waals surface area (Å²) in [7, 11) is 0. The van der Waals surface area contributed by atoms with Crippen LogP contribution in [0.1, 0.15) is 16.0 Å². The number of nitrogens with zero attached hydrogens (tertiary/aromatic N) is 2. The van der Waals surface area contributed by atoms with Crippen LogP contribution in [0, 0.1) is 13.8 Å². The van der Waals surface area contributed by atoms with Crippen LogP contribution < -0.4 is 0 Å². The second-order valence-corrected chi connectivity index (χ2v) is 7.74. The van der Waals surface area contributed by atoms with E-state index in [0.29, 0.717) is 0 Å². The number of hydrogen-bond donors (Lipinski definition) is 0. The lowest BCUT2D eigenvalue weighted by molar-refractivity contribution is 1.45. The van der Waals surface area contributed by atoms with Crippen LogP contribution in [0.5, 0.6) is 0 Å². The molecular formula is C20H16N2S2. The Morgan fingerprint density at radius 1 is 1.00 bits per heavy atom. The van der Waals surface area contributed by atoms with Crippen molar-refractivity contribution in [2.24, 2.45) is 4.99 Å². The van der Waals surface area contributed by atoms with Gasteiger partial charge in [0.2, 0.25) is 0 Å². The van der Waals surface area contributed by atoms with Gasteiger partial charge < -0.3 is 0 Å². The normalized spacial score (nSPS) is 11.6. The van der Waals surface area contributed by atoms with E-state index in [4.69, 9.17) is 4.98 Å². The fraction of sp³-hybridized carbons (Fsp3) is 0.100. The van der Waals surface area contributed by atoms with E-state index in [0.717, 1.165) is 21.8 Å². The average molecular weight is 348 g/mol. The average Bonchev–Trinajstić information content (AvgIpc) is 3.19. The van der Waals surface area contributed by atoms with Crippen LogP contribution in [0.3, 0.4) is 0 Å². The number of aromatic nitrogens is 1. The molecule has 0 saturated carbocycles. The van der Waals surface area contributed by atoms with Crippen molar-refractivity contribution < 1.29 is 0 Å². The molecule has 0 bridgehead atoms. The molecule has 0 fully saturated rings. The van der Waals surface area contributed by atoms with Crippen molar-refractivity contribution in [3.05, 3.63) is 69.9 Å².